The monoisotopic (exact) mass is 297 g/mol. The summed E-state index contributed by atoms with van der Waals surface area (Å²) in [5, 5.41) is 12.1. The molecule has 0 saturated heterocycles. The largest absolute Gasteiger partial charge is 0.383 e. The van der Waals surface area contributed by atoms with Crippen LogP contribution < -0.4 is 5.73 Å². The Balaban J connectivity index is 2.23. The van der Waals surface area contributed by atoms with Crippen molar-refractivity contribution < 1.29 is 5.11 Å². The maximum atomic E-state index is 10.1. The molecule has 2 rings (SSSR count). The van der Waals surface area contributed by atoms with Gasteiger partial charge in [-0.3, -0.25) is 0 Å². The number of aliphatic hydroxyl groups is 1. The van der Waals surface area contributed by atoms with Crippen LogP contribution in [-0.4, -0.2) is 5.11 Å². The normalized spacial score (nSPS) is 12.7. The summed E-state index contributed by atoms with van der Waals surface area (Å²) >= 11 is 4.92. The highest BCUT2D eigenvalue weighted by Gasteiger charge is 2.12. The molecule has 0 fully saturated rings. The Kier molecular flexibility index (Phi) is 3.76. The fourth-order valence-corrected chi connectivity index (χ4v) is 2.93. The maximum absolute atomic E-state index is 10.1. The number of hydrogen-bond acceptors (Lipinski definition) is 3. The average Bonchev–Trinajstić information content (AvgIpc) is 2.75. The molecular weight excluding hydrogens is 286 g/mol. The van der Waals surface area contributed by atoms with E-state index in [1.165, 1.54) is 0 Å². The van der Waals surface area contributed by atoms with Gasteiger partial charge in [-0.15, -0.1) is 11.3 Å². The predicted octanol–water partition coefficient (Wildman–Crippen LogP) is 3.05. The van der Waals surface area contributed by atoms with E-state index in [0.717, 1.165) is 20.5 Å². The summed E-state index contributed by atoms with van der Waals surface area (Å²) in [5.41, 5.74) is 7.49. The van der Waals surface area contributed by atoms with E-state index < -0.39 is 6.10 Å². The lowest BCUT2D eigenvalue weighted by Gasteiger charge is -2.09. The van der Waals surface area contributed by atoms with Crippen LogP contribution in [0.15, 0.2) is 40.2 Å². The van der Waals surface area contributed by atoms with Gasteiger partial charge in [0.05, 0.1) is 0 Å². The second kappa shape index (κ2) is 5.10. The van der Waals surface area contributed by atoms with Gasteiger partial charge in [0.1, 0.15) is 6.10 Å². The van der Waals surface area contributed by atoms with Crippen LogP contribution in [-0.2, 0) is 6.54 Å². The van der Waals surface area contributed by atoms with Gasteiger partial charge in [0.15, 0.2) is 0 Å². The number of hydrogen-bond donors (Lipinski definition) is 2. The molecule has 4 heteroatoms. The number of benzene rings is 1. The molecule has 0 saturated carbocycles. The highest BCUT2D eigenvalue weighted by Crippen LogP contribution is 2.29. The van der Waals surface area contributed by atoms with Crippen molar-refractivity contribution in [2.75, 3.05) is 0 Å². The summed E-state index contributed by atoms with van der Waals surface area (Å²) < 4.78 is 1.00. The van der Waals surface area contributed by atoms with Crippen LogP contribution in [0.3, 0.4) is 0 Å². The van der Waals surface area contributed by atoms with Crippen LogP contribution in [0.2, 0.25) is 0 Å². The molecule has 1 heterocycles. The molecule has 0 aliphatic rings. The van der Waals surface area contributed by atoms with E-state index in [0.29, 0.717) is 6.54 Å². The molecule has 1 aromatic carbocycles. The standard InChI is InChI=1S/C12H12BrNOS/c13-10-5-11(16-7-10)12(15)9-3-1-8(6-14)2-4-9/h1-5,7,12,15H,6,14H2. The van der Waals surface area contributed by atoms with Crippen molar-refractivity contribution in [1.82, 2.24) is 0 Å². The molecule has 0 radical (unpaired) electrons. The van der Waals surface area contributed by atoms with E-state index in [1.807, 2.05) is 35.7 Å². The molecule has 0 bridgehead atoms. The molecule has 1 atom stereocenters. The van der Waals surface area contributed by atoms with E-state index >= 15 is 0 Å². The van der Waals surface area contributed by atoms with E-state index in [-0.39, 0.29) is 0 Å². The van der Waals surface area contributed by atoms with Crippen LogP contribution in [0.1, 0.15) is 22.1 Å². The van der Waals surface area contributed by atoms with Crippen molar-refractivity contribution in [3.63, 3.8) is 0 Å². The lowest BCUT2D eigenvalue weighted by atomic mass is 10.1. The number of aliphatic hydroxyl groups excluding tert-OH is 1. The number of halogens is 1. The summed E-state index contributed by atoms with van der Waals surface area (Å²) in [6, 6.07) is 9.66. The molecular formula is C12H12BrNOS. The van der Waals surface area contributed by atoms with Gasteiger partial charge in [-0.2, -0.15) is 0 Å². The topological polar surface area (TPSA) is 46.2 Å². The zero-order chi connectivity index (χ0) is 11.5. The van der Waals surface area contributed by atoms with Gasteiger partial charge in [-0.25, -0.2) is 0 Å². The second-order valence-corrected chi connectivity index (χ2v) is 5.37. The maximum Gasteiger partial charge on any atom is 0.113 e. The van der Waals surface area contributed by atoms with Gasteiger partial charge < -0.3 is 10.8 Å². The number of thiophene rings is 1. The number of nitrogens with two attached hydrogens (primary N) is 1. The Morgan fingerprint density at radius 2 is 2.00 bits per heavy atom. The fourth-order valence-electron chi connectivity index (χ4n) is 1.47. The molecule has 0 aliphatic carbocycles. The van der Waals surface area contributed by atoms with Gasteiger partial charge in [0.2, 0.25) is 0 Å². The van der Waals surface area contributed by atoms with E-state index in [9.17, 15) is 5.11 Å². The number of rotatable bonds is 3. The van der Waals surface area contributed by atoms with Crippen molar-refractivity contribution in [3.8, 4) is 0 Å². The van der Waals surface area contributed by atoms with Gasteiger partial charge in [-0.05, 0) is 33.1 Å². The first kappa shape index (κ1) is 11.8. The highest BCUT2D eigenvalue weighted by molar-refractivity contribution is 9.10. The zero-order valence-corrected chi connectivity index (χ0v) is 11.0. The van der Waals surface area contributed by atoms with Crippen molar-refractivity contribution in [1.29, 1.82) is 0 Å². The zero-order valence-electron chi connectivity index (χ0n) is 8.56. The molecule has 1 unspecified atom stereocenters. The second-order valence-electron chi connectivity index (χ2n) is 3.52. The van der Waals surface area contributed by atoms with Crippen LogP contribution >= 0.6 is 27.3 Å². The van der Waals surface area contributed by atoms with E-state index in [2.05, 4.69) is 15.9 Å². The molecule has 0 amide bonds. The first-order chi connectivity index (χ1) is 7.70. The molecule has 0 aliphatic heterocycles. The van der Waals surface area contributed by atoms with Crippen LogP contribution in [0.4, 0.5) is 0 Å². The van der Waals surface area contributed by atoms with Gasteiger partial charge in [0, 0.05) is 21.3 Å². The Bertz CT molecular complexity index is 466. The van der Waals surface area contributed by atoms with Gasteiger partial charge in [0.25, 0.3) is 0 Å². The predicted molar refractivity (Wildman–Crippen MR) is 70.4 cm³/mol. The van der Waals surface area contributed by atoms with Gasteiger partial charge >= 0.3 is 0 Å². The minimum Gasteiger partial charge on any atom is -0.383 e. The minimum absolute atomic E-state index is 0.529. The SMILES string of the molecule is NCc1ccc(C(O)c2cc(Br)cs2)cc1. The summed E-state index contributed by atoms with van der Waals surface area (Å²) in [5.74, 6) is 0. The third-order valence-electron chi connectivity index (χ3n) is 2.39. The Morgan fingerprint density at radius 3 is 2.50 bits per heavy atom. The van der Waals surface area contributed by atoms with Gasteiger partial charge in [-0.1, -0.05) is 24.3 Å². The third kappa shape index (κ3) is 2.52. The van der Waals surface area contributed by atoms with E-state index in [4.69, 9.17) is 5.73 Å². The molecule has 16 heavy (non-hydrogen) atoms. The summed E-state index contributed by atoms with van der Waals surface area (Å²) in [6.45, 7) is 0.529. The molecule has 3 N–H and O–H groups in total. The molecule has 84 valence electrons. The smallest absolute Gasteiger partial charge is 0.113 e. The summed E-state index contributed by atoms with van der Waals surface area (Å²) in [7, 11) is 0. The molecule has 1 aromatic heterocycles. The molecule has 0 spiro atoms. The van der Waals surface area contributed by atoms with Crippen LogP contribution in [0.25, 0.3) is 0 Å². The first-order valence-electron chi connectivity index (χ1n) is 4.91. The Hall–Kier alpha value is -0.680. The first-order valence-corrected chi connectivity index (χ1v) is 6.59. The van der Waals surface area contributed by atoms with Crippen LogP contribution in [0, 0.1) is 0 Å². The summed E-state index contributed by atoms with van der Waals surface area (Å²) in [4.78, 5) is 0.937. The van der Waals surface area contributed by atoms with Crippen molar-refractivity contribution in [2.45, 2.75) is 12.6 Å². The fraction of sp³-hybridized carbons (Fsp3) is 0.167. The third-order valence-corrected chi connectivity index (χ3v) is 4.13. The quantitative estimate of drug-likeness (QED) is 0.915. The summed E-state index contributed by atoms with van der Waals surface area (Å²) in [6.07, 6.45) is -0.553. The minimum atomic E-state index is -0.553. The average molecular weight is 298 g/mol. The Labute approximate surface area is 107 Å². The van der Waals surface area contributed by atoms with Crippen molar-refractivity contribution in [2.24, 2.45) is 5.73 Å². The van der Waals surface area contributed by atoms with Crippen molar-refractivity contribution in [3.05, 3.63) is 56.2 Å². The lowest BCUT2D eigenvalue weighted by molar-refractivity contribution is 0.224. The Morgan fingerprint density at radius 1 is 1.31 bits per heavy atom. The van der Waals surface area contributed by atoms with Crippen molar-refractivity contribution >= 4 is 27.3 Å². The highest BCUT2D eigenvalue weighted by atomic mass is 79.9. The lowest BCUT2D eigenvalue weighted by Crippen LogP contribution is -1.99. The van der Waals surface area contributed by atoms with E-state index in [1.54, 1.807) is 11.3 Å². The molecule has 2 nitrogen and oxygen atoms in total. The van der Waals surface area contributed by atoms with Crippen LogP contribution in [0.5, 0.6) is 0 Å². The molecule has 2 aromatic rings.